The number of halogens is 1. The van der Waals surface area contributed by atoms with Crippen molar-refractivity contribution in [2.24, 2.45) is 0 Å². The maximum absolute atomic E-state index is 12.5. The summed E-state index contributed by atoms with van der Waals surface area (Å²) < 4.78 is 26.3. The highest BCUT2D eigenvalue weighted by atomic mass is 35.5. The molecule has 1 aromatic heterocycles. The summed E-state index contributed by atoms with van der Waals surface area (Å²) in [5.41, 5.74) is 2.91. The summed E-state index contributed by atoms with van der Waals surface area (Å²) in [7, 11) is -2.12. The molecule has 0 spiro atoms. The topological polar surface area (TPSA) is 70.5 Å². The van der Waals surface area contributed by atoms with Crippen molar-refractivity contribution < 1.29 is 13.5 Å². The molecule has 114 valence electrons. The summed E-state index contributed by atoms with van der Waals surface area (Å²) in [5, 5.41) is 9.54. The fourth-order valence-electron chi connectivity index (χ4n) is 1.78. The number of aliphatic hydroxyl groups excluding tert-OH is 1. The molecule has 21 heavy (non-hydrogen) atoms. The Kier molecular flexibility index (Phi) is 5.00. The van der Waals surface area contributed by atoms with Crippen LogP contribution in [0.3, 0.4) is 0 Å². The molecule has 0 saturated heterocycles. The Morgan fingerprint density at radius 1 is 1.43 bits per heavy atom. The van der Waals surface area contributed by atoms with E-state index in [4.69, 9.17) is 11.6 Å². The van der Waals surface area contributed by atoms with Crippen molar-refractivity contribution in [2.75, 3.05) is 7.05 Å². The van der Waals surface area contributed by atoms with Crippen LogP contribution in [0.5, 0.6) is 0 Å². The third-order valence-electron chi connectivity index (χ3n) is 3.11. The van der Waals surface area contributed by atoms with Gasteiger partial charge < -0.3 is 5.11 Å². The molecule has 0 unspecified atom stereocenters. The highest BCUT2D eigenvalue weighted by Gasteiger charge is 2.23. The van der Waals surface area contributed by atoms with Gasteiger partial charge in [-0.2, -0.15) is 4.31 Å². The van der Waals surface area contributed by atoms with Gasteiger partial charge >= 0.3 is 0 Å². The second-order valence-electron chi connectivity index (χ2n) is 4.53. The maximum atomic E-state index is 12.5. The monoisotopic (exact) mass is 346 g/mol. The average Bonchev–Trinajstić information content (AvgIpc) is 2.84. The largest absolute Gasteiger partial charge is 0.392 e. The van der Waals surface area contributed by atoms with Gasteiger partial charge in [-0.3, -0.25) is 0 Å². The van der Waals surface area contributed by atoms with E-state index in [0.717, 1.165) is 10.6 Å². The van der Waals surface area contributed by atoms with Crippen molar-refractivity contribution in [3.63, 3.8) is 0 Å². The molecule has 0 atom stereocenters. The van der Waals surface area contributed by atoms with E-state index >= 15 is 0 Å². The molecular weight excluding hydrogens is 332 g/mol. The second-order valence-corrected chi connectivity index (χ2v) is 7.92. The lowest BCUT2D eigenvalue weighted by atomic mass is 10.2. The zero-order valence-corrected chi connectivity index (χ0v) is 14.0. The second kappa shape index (κ2) is 6.41. The van der Waals surface area contributed by atoms with Gasteiger partial charge in [0.05, 0.1) is 22.7 Å². The van der Waals surface area contributed by atoms with E-state index in [0.29, 0.717) is 10.6 Å². The van der Waals surface area contributed by atoms with Gasteiger partial charge in [0.25, 0.3) is 0 Å². The molecule has 1 aromatic carbocycles. The number of benzene rings is 1. The normalized spacial score (nSPS) is 12.0. The van der Waals surface area contributed by atoms with Crippen LogP contribution in [0.4, 0.5) is 0 Å². The minimum atomic E-state index is -3.64. The zero-order valence-electron chi connectivity index (χ0n) is 11.6. The minimum absolute atomic E-state index is 0.112. The molecule has 0 amide bonds. The van der Waals surface area contributed by atoms with Crippen molar-refractivity contribution in [3.05, 3.63) is 44.9 Å². The average molecular weight is 347 g/mol. The van der Waals surface area contributed by atoms with E-state index in [9.17, 15) is 13.5 Å². The molecule has 1 N–H and O–H groups in total. The first-order valence-electron chi connectivity index (χ1n) is 6.11. The van der Waals surface area contributed by atoms with E-state index < -0.39 is 10.0 Å². The summed E-state index contributed by atoms with van der Waals surface area (Å²) >= 11 is 7.31. The summed E-state index contributed by atoms with van der Waals surface area (Å²) in [5.74, 6) is 0. The molecule has 0 aliphatic rings. The lowest BCUT2D eigenvalue weighted by Crippen LogP contribution is -2.26. The summed E-state index contributed by atoms with van der Waals surface area (Å²) in [6, 6.07) is 4.31. The van der Waals surface area contributed by atoms with E-state index in [1.165, 1.54) is 40.9 Å². The number of aryl methyl sites for hydroxylation is 1. The Morgan fingerprint density at radius 3 is 2.71 bits per heavy atom. The van der Waals surface area contributed by atoms with Gasteiger partial charge in [0.2, 0.25) is 10.0 Å². The summed E-state index contributed by atoms with van der Waals surface area (Å²) in [4.78, 5) is 5.12. The van der Waals surface area contributed by atoms with Crippen molar-refractivity contribution in [3.8, 4) is 0 Å². The number of sulfonamides is 1. The third kappa shape index (κ3) is 3.44. The number of aromatic nitrogens is 1. The predicted octanol–water partition coefficient (Wildman–Crippen LogP) is 2.42. The van der Waals surface area contributed by atoms with Gasteiger partial charge in [-0.1, -0.05) is 11.6 Å². The van der Waals surface area contributed by atoms with Crippen LogP contribution >= 0.6 is 22.9 Å². The molecule has 1 heterocycles. The molecule has 0 aliphatic heterocycles. The number of rotatable bonds is 5. The zero-order chi connectivity index (χ0) is 15.6. The van der Waals surface area contributed by atoms with Crippen LogP contribution in [0.25, 0.3) is 0 Å². The first-order valence-corrected chi connectivity index (χ1v) is 8.80. The van der Waals surface area contributed by atoms with Crippen LogP contribution in [-0.2, 0) is 23.2 Å². The molecule has 0 aliphatic carbocycles. The Hall–Kier alpha value is -0.990. The highest BCUT2D eigenvalue weighted by Crippen LogP contribution is 2.24. The number of aliphatic hydroxyl groups is 1. The first-order chi connectivity index (χ1) is 9.86. The Bertz CT molecular complexity index is 744. The van der Waals surface area contributed by atoms with E-state index in [-0.39, 0.29) is 18.0 Å². The summed E-state index contributed by atoms with van der Waals surface area (Å²) in [6.07, 6.45) is 0. The van der Waals surface area contributed by atoms with Crippen LogP contribution in [0.2, 0.25) is 5.02 Å². The Morgan fingerprint density at radius 2 is 2.14 bits per heavy atom. The summed E-state index contributed by atoms with van der Waals surface area (Å²) in [6.45, 7) is 1.80. The van der Waals surface area contributed by atoms with Crippen LogP contribution in [-0.4, -0.2) is 29.9 Å². The number of hydrogen-bond donors (Lipinski definition) is 1. The Labute approximate surface area is 132 Å². The molecule has 2 rings (SSSR count). The van der Waals surface area contributed by atoms with Crippen LogP contribution in [0.1, 0.15) is 16.1 Å². The molecule has 0 bridgehead atoms. The fourth-order valence-corrected chi connectivity index (χ4v) is 4.06. The van der Waals surface area contributed by atoms with E-state index in [1.807, 2.05) is 6.92 Å². The van der Waals surface area contributed by atoms with Gasteiger partial charge in [0.15, 0.2) is 0 Å². The van der Waals surface area contributed by atoms with E-state index in [1.54, 1.807) is 5.51 Å². The number of thiazole rings is 1. The van der Waals surface area contributed by atoms with Crippen LogP contribution in [0.15, 0.2) is 28.6 Å². The highest BCUT2D eigenvalue weighted by molar-refractivity contribution is 7.89. The van der Waals surface area contributed by atoms with Crippen molar-refractivity contribution in [1.29, 1.82) is 0 Å². The number of nitrogens with zero attached hydrogens (tertiary/aromatic N) is 2. The lowest BCUT2D eigenvalue weighted by molar-refractivity contribution is 0.281. The molecule has 2 aromatic rings. The molecular formula is C13H15ClN2O3S2. The molecule has 5 nitrogen and oxygen atoms in total. The number of hydrogen-bond acceptors (Lipinski definition) is 5. The Balaban J connectivity index is 2.31. The predicted molar refractivity (Wildman–Crippen MR) is 82.9 cm³/mol. The first kappa shape index (κ1) is 16.4. The molecule has 0 saturated carbocycles. The lowest BCUT2D eigenvalue weighted by Gasteiger charge is -2.17. The minimum Gasteiger partial charge on any atom is -0.392 e. The standard InChI is InChI=1S/C13H15ClN2O3S2/c1-9-13(20-8-15-9)6-16(2)21(18,19)11-3-4-12(14)10(5-11)7-17/h3-5,8,17H,6-7H2,1-2H3. The van der Waals surface area contributed by atoms with Gasteiger partial charge in [-0.05, 0) is 30.7 Å². The van der Waals surface area contributed by atoms with Gasteiger partial charge in [0.1, 0.15) is 0 Å². The fraction of sp³-hybridized carbons (Fsp3) is 0.308. The molecule has 0 radical (unpaired) electrons. The van der Waals surface area contributed by atoms with Crippen molar-refractivity contribution >= 4 is 33.0 Å². The molecule has 8 heteroatoms. The SMILES string of the molecule is Cc1ncsc1CN(C)S(=O)(=O)c1ccc(Cl)c(CO)c1. The van der Waals surface area contributed by atoms with Crippen molar-refractivity contribution in [1.82, 2.24) is 9.29 Å². The van der Waals surface area contributed by atoms with E-state index in [2.05, 4.69) is 4.98 Å². The maximum Gasteiger partial charge on any atom is 0.243 e. The van der Waals surface area contributed by atoms with Gasteiger partial charge in [-0.15, -0.1) is 11.3 Å². The molecule has 0 fully saturated rings. The van der Waals surface area contributed by atoms with Gasteiger partial charge in [0, 0.05) is 23.5 Å². The smallest absolute Gasteiger partial charge is 0.243 e. The van der Waals surface area contributed by atoms with Crippen LogP contribution < -0.4 is 0 Å². The van der Waals surface area contributed by atoms with Crippen LogP contribution in [0, 0.1) is 6.92 Å². The van der Waals surface area contributed by atoms with Gasteiger partial charge in [-0.25, -0.2) is 13.4 Å². The van der Waals surface area contributed by atoms with Crippen molar-refractivity contribution in [2.45, 2.75) is 25.0 Å². The third-order valence-corrected chi connectivity index (χ3v) is 6.19. The quantitative estimate of drug-likeness (QED) is 0.902.